The molecular weight excluding hydrogens is 605 g/mol. The van der Waals surface area contributed by atoms with Gasteiger partial charge in [0.25, 0.3) is 0 Å². The molecule has 5 aromatic rings. The molecule has 1 fully saturated rings. The van der Waals surface area contributed by atoms with Gasteiger partial charge in [0.2, 0.25) is 0 Å². The summed E-state index contributed by atoms with van der Waals surface area (Å²) in [5.41, 5.74) is 5.29. The highest BCUT2D eigenvalue weighted by atomic mass is 32.2. The van der Waals surface area contributed by atoms with E-state index in [1.54, 1.807) is 11.8 Å². The van der Waals surface area contributed by atoms with Crippen molar-refractivity contribution in [2.75, 3.05) is 6.61 Å². The summed E-state index contributed by atoms with van der Waals surface area (Å²) in [6, 6.07) is 51.4. The van der Waals surface area contributed by atoms with Crippen LogP contribution in [0.3, 0.4) is 0 Å². The van der Waals surface area contributed by atoms with Gasteiger partial charge in [0.15, 0.2) is 0 Å². The summed E-state index contributed by atoms with van der Waals surface area (Å²) in [6.45, 7) is 2.12. The van der Waals surface area contributed by atoms with E-state index in [1.807, 2.05) is 78.9 Å². The zero-order valence-electron chi connectivity index (χ0n) is 26.5. The maximum Gasteiger partial charge on any atom is 0.133 e. The van der Waals surface area contributed by atoms with Gasteiger partial charge in [-0.2, -0.15) is 0 Å². The van der Waals surface area contributed by atoms with Crippen molar-refractivity contribution in [1.29, 1.82) is 0 Å². The first-order valence-corrected chi connectivity index (χ1v) is 17.3. The standard InChI is InChI=1S/C41H42O5S/c1-6-16-32(17-7-1)26-42-30-37-38(43-27-33-18-8-2-9-19-33)39(44-28-34-20-10-3-11-21-34)40(45-29-35-22-12-4-13-23-35)41(46-37)47-31-36-24-14-5-15-25-36/h1-25,37-41H,26-31H2/t37-,38+,39+,40-,41+/m1/s1. The minimum absolute atomic E-state index is 0.318. The molecule has 0 aliphatic carbocycles. The molecule has 1 heterocycles. The minimum Gasteiger partial charge on any atom is -0.374 e. The van der Waals surface area contributed by atoms with Crippen LogP contribution >= 0.6 is 11.8 Å². The molecule has 1 aliphatic rings. The van der Waals surface area contributed by atoms with Gasteiger partial charge in [0, 0.05) is 5.75 Å². The Morgan fingerprint density at radius 3 is 1.28 bits per heavy atom. The van der Waals surface area contributed by atoms with Crippen molar-refractivity contribution < 1.29 is 23.7 Å². The summed E-state index contributed by atoms with van der Waals surface area (Å²) in [4.78, 5) is 0. The predicted octanol–water partition coefficient (Wildman–Crippen LogP) is 8.62. The smallest absolute Gasteiger partial charge is 0.133 e. The second-order valence-corrected chi connectivity index (χ2v) is 12.7. The monoisotopic (exact) mass is 646 g/mol. The van der Waals surface area contributed by atoms with Gasteiger partial charge in [-0.05, 0) is 27.8 Å². The summed E-state index contributed by atoms with van der Waals surface area (Å²) in [5, 5.41) is 0. The summed E-state index contributed by atoms with van der Waals surface area (Å²) in [6.07, 6.45) is -1.65. The summed E-state index contributed by atoms with van der Waals surface area (Å²) >= 11 is 1.73. The number of hydrogen-bond acceptors (Lipinski definition) is 6. The lowest BCUT2D eigenvalue weighted by Crippen LogP contribution is -2.60. The average molecular weight is 647 g/mol. The van der Waals surface area contributed by atoms with Gasteiger partial charge in [-0.15, -0.1) is 11.8 Å². The Labute approximate surface area is 282 Å². The second-order valence-electron chi connectivity index (χ2n) is 11.6. The van der Waals surface area contributed by atoms with Gasteiger partial charge in [-0.25, -0.2) is 0 Å². The van der Waals surface area contributed by atoms with Gasteiger partial charge in [0.05, 0.1) is 33.0 Å². The molecule has 5 nitrogen and oxygen atoms in total. The van der Waals surface area contributed by atoms with Crippen LogP contribution < -0.4 is 0 Å². The van der Waals surface area contributed by atoms with E-state index in [0.29, 0.717) is 33.0 Å². The Kier molecular flexibility index (Phi) is 12.7. The minimum atomic E-state index is -0.441. The van der Waals surface area contributed by atoms with Gasteiger partial charge in [0.1, 0.15) is 29.9 Å². The molecule has 6 heteroatoms. The quantitative estimate of drug-likeness (QED) is 0.107. The fourth-order valence-corrected chi connectivity index (χ4v) is 6.83. The average Bonchev–Trinajstić information content (AvgIpc) is 3.14. The van der Waals surface area contributed by atoms with E-state index in [-0.39, 0.29) is 11.5 Å². The molecule has 0 N–H and O–H groups in total. The Hall–Kier alpha value is -3.75. The largest absolute Gasteiger partial charge is 0.374 e. The van der Waals surface area contributed by atoms with Gasteiger partial charge in [-0.3, -0.25) is 0 Å². The molecule has 5 atom stereocenters. The third-order valence-electron chi connectivity index (χ3n) is 8.10. The fourth-order valence-electron chi connectivity index (χ4n) is 5.63. The molecule has 0 amide bonds. The van der Waals surface area contributed by atoms with Crippen molar-refractivity contribution in [2.45, 2.75) is 62.0 Å². The van der Waals surface area contributed by atoms with Crippen LogP contribution in [0.15, 0.2) is 152 Å². The molecule has 1 aliphatic heterocycles. The summed E-state index contributed by atoms with van der Waals surface area (Å²) in [5.74, 6) is 0.773. The zero-order valence-corrected chi connectivity index (χ0v) is 27.3. The predicted molar refractivity (Wildman–Crippen MR) is 188 cm³/mol. The van der Waals surface area contributed by atoms with E-state index in [0.717, 1.165) is 28.0 Å². The lowest BCUT2D eigenvalue weighted by molar-refractivity contribution is -0.254. The molecule has 0 bridgehead atoms. The van der Waals surface area contributed by atoms with Crippen molar-refractivity contribution >= 4 is 11.8 Å². The zero-order chi connectivity index (χ0) is 31.9. The van der Waals surface area contributed by atoms with Crippen molar-refractivity contribution in [3.63, 3.8) is 0 Å². The van der Waals surface area contributed by atoms with E-state index in [2.05, 4.69) is 72.8 Å². The Balaban J connectivity index is 1.29. The molecule has 0 aromatic heterocycles. The first kappa shape index (κ1) is 33.2. The lowest BCUT2D eigenvalue weighted by atomic mass is 9.98. The molecule has 47 heavy (non-hydrogen) atoms. The van der Waals surface area contributed by atoms with E-state index < -0.39 is 18.3 Å². The van der Waals surface area contributed by atoms with E-state index in [1.165, 1.54) is 5.56 Å². The first-order valence-electron chi connectivity index (χ1n) is 16.2. The van der Waals surface area contributed by atoms with E-state index >= 15 is 0 Å². The van der Waals surface area contributed by atoms with Crippen molar-refractivity contribution in [1.82, 2.24) is 0 Å². The normalized spacial score (nSPS) is 21.0. The van der Waals surface area contributed by atoms with E-state index in [9.17, 15) is 0 Å². The number of thioether (sulfide) groups is 1. The third-order valence-corrected chi connectivity index (χ3v) is 9.31. The van der Waals surface area contributed by atoms with Gasteiger partial charge < -0.3 is 23.7 Å². The fraction of sp³-hybridized carbons (Fsp3) is 0.268. The van der Waals surface area contributed by atoms with Gasteiger partial charge >= 0.3 is 0 Å². The highest BCUT2D eigenvalue weighted by molar-refractivity contribution is 7.99. The van der Waals surface area contributed by atoms with Crippen LogP contribution in [0.2, 0.25) is 0 Å². The second kappa shape index (κ2) is 18.0. The Bertz CT molecular complexity index is 1560. The maximum absolute atomic E-state index is 6.94. The number of ether oxygens (including phenoxy) is 5. The molecule has 1 saturated heterocycles. The van der Waals surface area contributed by atoms with Gasteiger partial charge in [-0.1, -0.05) is 152 Å². The van der Waals surface area contributed by atoms with Crippen LogP contribution in [-0.4, -0.2) is 36.5 Å². The lowest BCUT2D eigenvalue weighted by Gasteiger charge is -2.46. The van der Waals surface area contributed by atoms with Crippen LogP contribution in [0, 0.1) is 0 Å². The number of rotatable bonds is 16. The van der Waals surface area contributed by atoms with Crippen LogP contribution in [0.5, 0.6) is 0 Å². The number of hydrogen-bond donors (Lipinski definition) is 0. The molecular formula is C41H42O5S. The van der Waals surface area contributed by atoms with Crippen LogP contribution in [0.25, 0.3) is 0 Å². The third kappa shape index (κ3) is 10.1. The SMILES string of the molecule is c1ccc(COC[C@H]2O[C@@H](SCc3ccccc3)[C@H](OCc3ccccc3)[C@@H](OCc3ccccc3)[C@H]2OCc2ccccc2)cc1. The molecule has 0 saturated carbocycles. The van der Waals surface area contributed by atoms with Crippen molar-refractivity contribution in [3.8, 4) is 0 Å². The first-order chi connectivity index (χ1) is 23.3. The van der Waals surface area contributed by atoms with Crippen molar-refractivity contribution in [2.24, 2.45) is 0 Å². The molecule has 5 aromatic carbocycles. The Morgan fingerprint density at radius 2 is 0.809 bits per heavy atom. The number of benzene rings is 5. The molecule has 0 unspecified atom stereocenters. The topological polar surface area (TPSA) is 46.2 Å². The molecule has 0 spiro atoms. The Morgan fingerprint density at radius 1 is 0.426 bits per heavy atom. The highest BCUT2D eigenvalue weighted by Crippen LogP contribution is 2.36. The van der Waals surface area contributed by atoms with Crippen LogP contribution in [0.4, 0.5) is 0 Å². The summed E-state index contributed by atoms with van der Waals surface area (Å²) in [7, 11) is 0. The summed E-state index contributed by atoms with van der Waals surface area (Å²) < 4.78 is 33.6. The highest BCUT2D eigenvalue weighted by Gasteiger charge is 2.48. The molecule has 242 valence electrons. The van der Waals surface area contributed by atoms with Crippen molar-refractivity contribution in [3.05, 3.63) is 179 Å². The van der Waals surface area contributed by atoms with Crippen LogP contribution in [-0.2, 0) is 55.9 Å². The molecule has 6 rings (SSSR count). The molecule has 0 radical (unpaired) electrons. The maximum atomic E-state index is 6.94. The van der Waals surface area contributed by atoms with Crippen LogP contribution in [0.1, 0.15) is 27.8 Å². The van der Waals surface area contributed by atoms with E-state index in [4.69, 9.17) is 23.7 Å².